The molecule has 1 aromatic heterocycles. The van der Waals surface area contributed by atoms with Crippen LogP contribution in [0.2, 0.25) is 0 Å². The number of thiocarbonyl (C=S) groups is 1. The number of carbonyl (C=O) groups is 1. The van der Waals surface area contributed by atoms with Crippen molar-refractivity contribution >= 4 is 23.1 Å². The third kappa shape index (κ3) is 3.06. The van der Waals surface area contributed by atoms with Gasteiger partial charge in [-0.25, -0.2) is 0 Å². The first-order valence-corrected chi connectivity index (χ1v) is 5.06. The fourth-order valence-corrected chi connectivity index (χ4v) is 1.18. The Labute approximate surface area is 93.8 Å². The summed E-state index contributed by atoms with van der Waals surface area (Å²) in [6.45, 7) is 3.51. The predicted molar refractivity (Wildman–Crippen MR) is 61.2 cm³/mol. The summed E-state index contributed by atoms with van der Waals surface area (Å²) in [7, 11) is 0. The molecule has 1 aromatic rings. The summed E-state index contributed by atoms with van der Waals surface area (Å²) in [6.07, 6.45) is 1.56. The second-order valence-corrected chi connectivity index (χ2v) is 3.84. The molecular formula is C10H14N2O2S. The molecule has 0 aliphatic carbocycles. The molecule has 0 radical (unpaired) electrons. The average molecular weight is 226 g/mol. The van der Waals surface area contributed by atoms with Gasteiger partial charge >= 0.3 is 0 Å². The molecule has 1 heterocycles. The molecule has 0 saturated carbocycles. The van der Waals surface area contributed by atoms with Crippen LogP contribution in [0.1, 0.15) is 25.6 Å². The summed E-state index contributed by atoms with van der Waals surface area (Å²) < 4.78 is 5.16. The third-order valence-electron chi connectivity index (χ3n) is 2.15. The van der Waals surface area contributed by atoms with Crippen LogP contribution >= 0.6 is 12.2 Å². The zero-order chi connectivity index (χ0) is 11.4. The van der Waals surface area contributed by atoms with Gasteiger partial charge in [-0.05, 0) is 26.0 Å². The van der Waals surface area contributed by atoms with E-state index in [-0.39, 0.29) is 16.9 Å². The molecule has 1 rings (SSSR count). The Morgan fingerprint density at radius 3 is 2.73 bits per heavy atom. The van der Waals surface area contributed by atoms with Crippen LogP contribution in [0.15, 0.2) is 22.8 Å². The van der Waals surface area contributed by atoms with E-state index in [0.717, 1.165) is 0 Å². The summed E-state index contributed by atoms with van der Waals surface area (Å²) in [6, 6.07) is 3.40. The Balaban J connectivity index is 2.56. The van der Waals surface area contributed by atoms with E-state index in [2.05, 4.69) is 5.32 Å². The molecule has 0 spiro atoms. The second-order valence-electron chi connectivity index (χ2n) is 3.37. The highest BCUT2D eigenvalue weighted by molar-refractivity contribution is 7.80. The molecule has 2 atom stereocenters. The van der Waals surface area contributed by atoms with E-state index >= 15 is 0 Å². The number of amides is 1. The maximum absolute atomic E-state index is 11.6. The highest BCUT2D eigenvalue weighted by atomic mass is 32.1. The van der Waals surface area contributed by atoms with Crippen LogP contribution in [0.5, 0.6) is 0 Å². The van der Waals surface area contributed by atoms with E-state index in [4.69, 9.17) is 22.4 Å². The summed E-state index contributed by atoms with van der Waals surface area (Å²) in [5.74, 6) is 0.0577. The molecule has 4 nitrogen and oxygen atoms in total. The van der Waals surface area contributed by atoms with Gasteiger partial charge < -0.3 is 15.5 Å². The van der Waals surface area contributed by atoms with Crippen molar-refractivity contribution in [3.8, 4) is 0 Å². The van der Waals surface area contributed by atoms with Gasteiger partial charge in [-0.1, -0.05) is 12.2 Å². The Morgan fingerprint density at radius 2 is 2.27 bits per heavy atom. The van der Waals surface area contributed by atoms with Crippen LogP contribution in [0.25, 0.3) is 0 Å². The molecule has 3 N–H and O–H groups in total. The van der Waals surface area contributed by atoms with Gasteiger partial charge in [0.1, 0.15) is 5.76 Å². The molecule has 0 aliphatic heterocycles. The van der Waals surface area contributed by atoms with E-state index in [9.17, 15) is 4.79 Å². The van der Waals surface area contributed by atoms with Crippen molar-refractivity contribution in [1.82, 2.24) is 5.32 Å². The molecule has 0 bridgehead atoms. The predicted octanol–water partition coefficient (Wildman–Crippen LogP) is 1.38. The number of nitrogens with two attached hydrogens (primary N) is 1. The largest absolute Gasteiger partial charge is 0.467 e. The molecule has 0 saturated heterocycles. The highest BCUT2D eigenvalue weighted by Crippen LogP contribution is 2.12. The van der Waals surface area contributed by atoms with Crippen molar-refractivity contribution in [2.45, 2.75) is 19.9 Å². The van der Waals surface area contributed by atoms with Crippen molar-refractivity contribution in [1.29, 1.82) is 0 Å². The van der Waals surface area contributed by atoms with Gasteiger partial charge in [-0.2, -0.15) is 0 Å². The lowest BCUT2D eigenvalue weighted by molar-refractivity contribution is -0.123. The smallest absolute Gasteiger partial charge is 0.230 e. The fraction of sp³-hybridized carbons (Fsp3) is 0.400. The van der Waals surface area contributed by atoms with Crippen LogP contribution in [0.3, 0.4) is 0 Å². The normalized spacial score (nSPS) is 14.3. The monoisotopic (exact) mass is 226 g/mol. The first-order valence-electron chi connectivity index (χ1n) is 4.65. The summed E-state index contributed by atoms with van der Waals surface area (Å²) in [5.41, 5.74) is 5.38. The molecule has 2 unspecified atom stereocenters. The van der Waals surface area contributed by atoms with Crippen molar-refractivity contribution in [3.63, 3.8) is 0 Å². The number of furan rings is 1. The fourth-order valence-electron chi connectivity index (χ4n) is 1.08. The van der Waals surface area contributed by atoms with Crippen molar-refractivity contribution in [2.75, 3.05) is 0 Å². The lowest BCUT2D eigenvalue weighted by atomic mass is 10.1. The van der Waals surface area contributed by atoms with Crippen molar-refractivity contribution < 1.29 is 9.21 Å². The molecule has 1 amide bonds. The lowest BCUT2D eigenvalue weighted by Gasteiger charge is -2.14. The van der Waals surface area contributed by atoms with E-state index in [1.165, 1.54) is 0 Å². The highest BCUT2D eigenvalue weighted by Gasteiger charge is 2.18. The Bertz CT molecular complexity index is 348. The van der Waals surface area contributed by atoms with Gasteiger partial charge in [0, 0.05) is 0 Å². The maximum Gasteiger partial charge on any atom is 0.230 e. The van der Waals surface area contributed by atoms with E-state index < -0.39 is 5.92 Å². The van der Waals surface area contributed by atoms with Crippen LogP contribution in [0, 0.1) is 5.92 Å². The first-order chi connectivity index (χ1) is 7.02. The first kappa shape index (κ1) is 11.7. The van der Waals surface area contributed by atoms with Crippen LogP contribution in [-0.4, -0.2) is 10.9 Å². The minimum Gasteiger partial charge on any atom is -0.467 e. The Morgan fingerprint density at radius 1 is 1.60 bits per heavy atom. The molecular weight excluding hydrogens is 212 g/mol. The Kier molecular flexibility index (Phi) is 3.85. The van der Waals surface area contributed by atoms with Crippen molar-refractivity contribution in [2.24, 2.45) is 11.7 Å². The van der Waals surface area contributed by atoms with E-state index in [1.807, 2.05) is 6.92 Å². The van der Waals surface area contributed by atoms with E-state index in [1.54, 1.807) is 25.3 Å². The minimum atomic E-state index is -0.461. The molecule has 0 fully saturated rings. The summed E-state index contributed by atoms with van der Waals surface area (Å²) in [4.78, 5) is 11.8. The molecule has 82 valence electrons. The van der Waals surface area contributed by atoms with E-state index in [0.29, 0.717) is 5.76 Å². The average Bonchev–Trinajstić information content (AvgIpc) is 2.68. The quantitative estimate of drug-likeness (QED) is 0.761. The van der Waals surface area contributed by atoms with Gasteiger partial charge in [0.25, 0.3) is 0 Å². The van der Waals surface area contributed by atoms with Gasteiger partial charge in [-0.15, -0.1) is 0 Å². The standard InChI is InChI=1S/C10H14N2O2S/c1-6(9(11)15)10(13)12-7(2)8-4-3-5-14-8/h3-7H,1-2H3,(H2,11,15)(H,12,13). The lowest BCUT2D eigenvalue weighted by Crippen LogP contribution is -2.37. The molecule has 0 aromatic carbocycles. The van der Waals surface area contributed by atoms with Crippen molar-refractivity contribution in [3.05, 3.63) is 24.2 Å². The number of hydrogen-bond donors (Lipinski definition) is 2. The zero-order valence-electron chi connectivity index (χ0n) is 8.69. The summed E-state index contributed by atoms with van der Waals surface area (Å²) in [5, 5.41) is 2.76. The minimum absolute atomic E-state index is 0.177. The van der Waals surface area contributed by atoms with Crippen LogP contribution < -0.4 is 11.1 Å². The number of nitrogens with one attached hydrogen (secondary N) is 1. The second kappa shape index (κ2) is 4.93. The molecule has 0 aliphatic rings. The Hall–Kier alpha value is -1.36. The zero-order valence-corrected chi connectivity index (χ0v) is 9.51. The van der Waals surface area contributed by atoms with Gasteiger partial charge in [-0.3, -0.25) is 4.79 Å². The van der Waals surface area contributed by atoms with Crippen LogP contribution in [0.4, 0.5) is 0 Å². The maximum atomic E-state index is 11.6. The van der Waals surface area contributed by atoms with Gasteiger partial charge in [0.05, 0.1) is 23.2 Å². The summed E-state index contributed by atoms with van der Waals surface area (Å²) >= 11 is 4.74. The third-order valence-corrected chi connectivity index (χ3v) is 2.50. The molecule has 15 heavy (non-hydrogen) atoms. The number of carbonyl (C=O) groups excluding carboxylic acids is 1. The number of hydrogen-bond acceptors (Lipinski definition) is 3. The topological polar surface area (TPSA) is 68.3 Å². The van der Waals surface area contributed by atoms with Gasteiger partial charge in [0.2, 0.25) is 5.91 Å². The molecule has 5 heteroatoms. The SMILES string of the molecule is CC(C(=O)NC(C)c1ccco1)C(N)=S. The number of rotatable bonds is 4. The van der Waals surface area contributed by atoms with Crippen LogP contribution in [-0.2, 0) is 4.79 Å². The van der Waals surface area contributed by atoms with Gasteiger partial charge in [0.15, 0.2) is 0 Å².